The van der Waals surface area contributed by atoms with Gasteiger partial charge in [0.25, 0.3) is 0 Å². The maximum atomic E-state index is 5.89. The van der Waals surface area contributed by atoms with E-state index in [-0.39, 0.29) is 5.54 Å². The second kappa shape index (κ2) is 4.16. The highest BCUT2D eigenvalue weighted by atomic mass is 35.5. The van der Waals surface area contributed by atoms with E-state index in [9.17, 15) is 0 Å². The van der Waals surface area contributed by atoms with Gasteiger partial charge < -0.3 is 9.30 Å². The quantitative estimate of drug-likeness (QED) is 0.792. The molecule has 1 heterocycles. The summed E-state index contributed by atoms with van der Waals surface area (Å²) in [6, 6.07) is 6.05. The Labute approximate surface area is 112 Å². The van der Waals surface area contributed by atoms with E-state index in [4.69, 9.17) is 21.3 Å². The number of hydrogen-bond acceptors (Lipinski definition) is 2. The molecule has 1 aromatic carbocycles. The molecule has 96 valence electrons. The number of rotatable bonds is 4. The number of aromatic nitrogens is 2. The van der Waals surface area contributed by atoms with Gasteiger partial charge in [-0.05, 0) is 31.9 Å². The Hall–Kier alpha value is -1.22. The van der Waals surface area contributed by atoms with E-state index in [1.165, 1.54) is 12.8 Å². The summed E-state index contributed by atoms with van der Waals surface area (Å²) in [5.74, 6) is 2.58. The third-order valence-corrected chi connectivity index (χ3v) is 3.95. The van der Waals surface area contributed by atoms with Crippen molar-refractivity contribution >= 4 is 22.6 Å². The van der Waals surface area contributed by atoms with Gasteiger partial charge in [-0.2, -0.15) is 0 Å². The highest BCUT2D eigenvalue weighted by Gasteiger charge is 2.41. The van der Waals surface area contributed by atoms with Crippen molar-refractivity contribution in [2.75, 3.05) is 13.0 Å². The van der Waals surface area contributed by atoms with Crippen LogP contribution in [0.15, 0.2) is 18.2 Å². The summed E-state index contributed by atoms with van der Waals surface area (Å²) in [6.07, 6.45) is 3.24. The molecule has 4 heteroatoms. The van der Waals surface area contributed by atoms with Crippen LogP contribution in [0.25, 0.3) is 11.0 Å². The molecule has 0 radical (unpaired) electrons. The first kappa shape index (κ1) is 11.8. The van der Waals surface area contributed by atoms with Gasteiger partial charge >= 0.3 is 0 Å². The van der Waals surface area contributed by atoms with Crippen molar-refractivity contribution in [3.05, 3.63) is 24.0 Å². The number of hydrogen-bond donors (Lipinski definition) is 0. The van der Waals surface area contributed by atoms with Crippen LogP contribution in [0.2, 0.25) is 0 Å². The molecule has 0 unspecified atom stereocenters. The molecule has 0 atom stereocenters. The van der Waals surface area contributed by atoms with Gasteiger partial charge in [0.05, 0.1) is 18.1 Å². The Morgan fingerprint density at radius 1 is 1.44 bits per heavy atom. The summed E-state index contributed by atoms with van der Waals surface area (Å²) in [5, 5.41) is 0. The lowest BCUT2D eigenvalue weighted by molar-refractivity contribution is 0.415. The molecule has 0 amide bonds. The number of alkyl halides is 1. The molecule has 0 bridgehead atoms. The zero-order chi connectivity index (χ0) is 12.8. The van der Waals surface area contributed by atoms with Gasteiger partial charge in [0.2, 0.25) is 0 Å². The van der Waals surface area contributed by atoms with Gasteiger partial charge in [-0.1, -0.05) is 0 Å². The molecule has 0 aliphatic heterocycles. The number of nitrogens with zero attached hydrogens (tertiary/aromatic N) is 2. The molecule has 1 aromatic heterocycles. The van der Waals surface area contributed by atoms with Crippen LogP contribution in [0.5, 0.6) is 5.75 Å². The molecule has 1 fully saturated rings. The minimum atomic E-state index is 0.225. The molecule has 0 N–H and O–H groups in total. The smallest absolute Gasteiger partial charge is 0.121 e. The molecule has 0 saturated heterocycles. The van der Waals surface area contributed by atoms with E-state index in [2.05, 4.69) is 17.6 Å². The molecule has 1 aliphatic rings. The third-order valence-electron chi connectivity index (χ3n) is 3.76. The number of imidazole rings is 1. The minimum Gasteiger partial charge on any atom is -0.497 e. The normalized spacial score (nSPS) is 17.1. The minimum absolute atomic E-state index is 0.225. The number of fused-ring (bicyclic) bond motifs is 1. The summed E-state index contributed by atoms with van der Waals surface area (Å²) in [5.41, 5.74) is 2.42. The van der Waals surface area contributed by atoms with Crippen molar-refractivity contribution < 1.29 is 4.74 Å². The third kappa shape index (κ3) is 1.77. The zero-order valence-corrected chi connectivity index (χ0v) is 11.5. The largest absolute Gasteiger partial charge is 0.497 e. The first-order valence-electron chi connectivity index (χ1n) is 6.30. The van der Waals surface area contributed by atoms with Crippen molar-refractivity contribution in [1.82, 2.24) is 9.55 Å². The van der Waals surface area contributed by atoms with Crippen LogP contribution in [0, 0.1) is 0 Å². The SMILES string of the molecule is COc1ccc2nc(CCCl)n(C3(C)CC3)c2c1. The lowest BCUT2D eigenvalue weighted by atomic mass is 10.2. The van der Waals surface area contributed by atoms with E-state index in [0.29, 0.717) is 5.88 Å². The predicted molar refractivity (Wildman–Crippen MR) is 73.6 cm³/mol. The number of halogens is 1. The van der Waals surface area contributed by atoms with Crippen LogP contribution in [0.4, 0.5) is 0 Å². The Morgan fingerprint density at radius 2 is 2.22 bits per heavy atom. The Balaban J connectivity index is 2.22. The Bertz CT molecular complexity index is 587. The van der Waals surface area contributed by atoms with Crippen LogP contribution in [-0.4, -0.2) is 22.5 Å². The van der Waals surface area contributed by atoms with Gasteiger partial charge in [0.1, 0.15) is 11.6 Å². The Kier molecular flexibility index (Phi) is 2.74. The van der Waals surface area contributed by atoms with Crippen LogP contribution >= 0.6 is 11.6 Å². The molecule has 3 rings (SSSR count). The van der Waals surface area contributed by atoms with Crippen molar-refractivity contribution in [3.63, 3.8) is 0 Å². The standard InChI is InChI=1S/C14H17ClN2O/c1-14(6-7-14)17-12-9-10(18-2)3-4-11(12)16-13(17)5-8-15/h3-4,9H,5-8H2,1-2H3. The van der Waals surface area contributed by atoms with Gasteiger partial charge in [0, 0.05) is 23.9 Å². The van der Waals surface area contributed by atoms with Crippen molar-refractivity contribution in [2.24, 2.45) is 0 Å². The van der Waals surface area contributed by atoms with Crippen LogP contribution < -0.4 is 4.74 Å². The number of ether oxygens (including phenoxy) is 1. The van der Waals surface area contributed by atoms with E-state index >= 15 is 0 Å². The van der Waals surface area contributed by atoms with Crippen molar-refractivity contribution in [3.8, 4) is 5.75 Å². The van der Waals surface area contributed by atoms with Gasteiger partial charge in [-0.15, -0.1) is 11.6 Å². The highest BCUT2D eigenvalue weighted by molar-refractivity contribution is 6.17. The molecule has 1 aliphatic carbocycles. The topological polar surface area (TPSA) is 27.1 Å². The summed E-state index contributed by atoms with van der Waals surface area (Å²) in [4.78, 5) is 4.71. The maximum absolute atomic E-state index is 5.89. The van der Waals surface area contributed by atoms with Crippen LogP contribution in [0.1, 0.15) is 25.6 Å². The predicted octanol–water partition coefficient (Wildman–Crippen LogP) is 3.34. The summed E-state index contributed by atoms with van der Waals surface area (Å²) < 4.78 is 7.67. The van der Waals surface area contributed by atoms with E-state index < -0.39 is 0 Å². The molecular weight excluding hydrogens is 248 g/mol. The number of benzene rings is 1. The van der Waals surface area contributed by atoms with E-state index in [0.717, 1.165) is 29.0 Å². The van der Waals surface area contributed by atoms with Crippen LogP contribution in [-0.2, 0) is 12.0 Å². The number of methoxy groups -OCH3 is 1. The molecule has 3 nitrogen and oxygen atoms in total. The fourth-order valence-corrected chi connectivity index (χ4v) is 2.66. The first-order valence-corrected chi connectivity index (χ1v) is 6.83. The lowest BCUT2D eigenvalue weighted by Gasteiger charge is -2.16. The summed E-state index contributed by atoms with van der Waals surface area (Å²) in [7, 11) is 1.69. The van der Waals surface area contributed by atoms with E-state index in [1.54, 1.807) is 7.11 Å². The van der Waals surface area contributed by atoms with Crippen LogP contribution in [0.3, 0.4) is 0 Å². The lowest BCUT2D eigenvalue weighted by Crippen LogP contribution is -2.16. The van der Waals surface area contributed by atoms with Gasteiger partial charge in [-0.25, -0.2) is 4.98 Å². The number of aryl methyl sites for hydroxylation is 1. The second-order valence-corrected chi connectivity index (χ2v) is 5.53. The maximum Gasteiger partial charge on any atom is 0.121 e. The Morgan fingerprint density at radius 3 is 2.83 bits per heavy atom. The molecule has 0 spiro atoms. The first-order chi connectivity index (χ1) is 8.68. The van der Waals surface area contributed by atoms with Gasteiger partial charge in [-0.3, -0.25) is 0 Å². The van der Waals surface area contributed by atoms with Gasteiger partial charge in [0.15, 0.2) is 0 Å². The average Bonchev–Trinajstić information content (AvgIpc) is 3.00. The van der Waals surface area contributed by atoms with Crippen molar-refractivity contribution in [1.29, 1.82) is 0 Å². The molecule has 2 aromatic rings. The van der Waals surface area contributed by atoms with Crippen molar-refractivity contribution in [2.45, 2.75) is 31.7 Å². The fourth-order valence-electron chi connectivity index (χ4n) is 2.49. The summed E-state index contributed by atoms with van der Waals surface area (Å²) in [6.45, 7) is 2.28. The molecular formula is C14H17ClN2O. The van der Waals surface area contributed by atoms with E-state index in [1.807, 2.05) is 12.1 Å². The average molecular weight is 265 g/mol. The molecule has 1 saturated carbocycles. The second-order valence-electron chi connectivity index (χ2n) is 5.15. The molecule has 18 heavy (non-hydrogen) atoms. The highest BCUT2D eigenvalue weighted by Crippen LogP contribution is 2.46. The monoisotopic (exact) mass is 264 g/mol. The summed E-state index contributed by atoms with van der Waals surface area (Å²) >= 11 is 5.89. The zero-order valence-electron chi connectivity index (χ0n) is 10.7. The fraction of sp³-hybridized carbons (Fsp3) is 0.500.